The number of nitrogens with zero attached hydrogens (tertiary/aromatic N) is 4. The topological polar surface area (TPSA) is 61.4 Å². The van der Waals surface area contributed by atoms with Crippen molar-refractivity contribution in [3.63, 3.8) is 0 Å². The van der Waals surface area contributed by atoms with Crippen molar-refractivity contribution in [3.05, 3.63) is 59.9 Å². The maximum atomic E-state index is 13.3. The van der Waals surface area contributed by atoms with Crippen LogP contribution < -0.4 is 10.2 Å². The summed E-state index contributed by atoms with van der Waals surface area (Å²) in [6.07, 6.45) is -1.87. The molecular formula is C23H25F2N5O. The Kier molecular flexibility index (Phi) is 6.36. The quantitative estimate of drug-likeness (QED) is 0.649. The van der Waals surface area contributed by atoms with Crippen LogP contribution in [-0.2, 0) is 11.2 Å². The van der Waals surface area contributed by atoms with E-state index in [9.17, 15) is 13.6 Å². The maximum Gasteiger partial charge on any atom is 0.297 e. The lowest BCUT2D eigenvalue weighted by molar-refractivity contribution is -0.117. The molecule has 1 aromatic heterocycles. The smallest absolute Gasteiger partial charge is 0.297 e. The summed E-state index contributed by atoms with van der Waals surface area (Å²) in [4.78, 5) is 24.7. The van der Waals surface area contributed by atoms with Crippen molar-refractivity contribution in [1.29, 1.82) is 0 Å². The van der Waals surface area contributed by atoms with Crippen molar-refractivity contribution in [2.75, 3.05) is 42.9 Å². The first-order valence-electron chi connectivity index (χ1n) is 10.4. The standard InChI is InChI=1S/C23H25F2N5O/c1-2-16-7-3-5-9-18(16)26-20(31)15-29-11-13-30(14-12-29)23-17-8-4-6-10-19(17)27-22(28-23)21(24)25/h3-10,21H,2,11-15H2,1H3,(H,26,31). The van der Waals surface area contributed by atoms with Crippen molar-refractivity contribution in [1.82, 2.24) is 14.9 Å². The van der Waals surface area contributed by atoms with Crippen LogP contribution in [0.2, 0.25) is 0 Å². The number of aromatic nitrogens is 2. The average molecular weight is 425 g/mol. The van der Waals surface area contributed by atoms with Gasteiger partial charge >= 0.3 is 0 Å². The molecule has 8 heteroatoms. The molecule has 3 aromatic rings. The fourth-order valence-corrected chi connectivity index (χ4v) is 3.88. The molecule has 0 saturated carbocycles. The second kappa shape index (κ2) is 9.34. The van der Waals surface area contributed by atoms with Crippen molar-refractivity contribution in [3.8, 4) is 0 Å². The first-order chi connectivity index (χ1) is 15.0. The molecule has 0 aliphatic carbocycles. The van der Waals surface area contributed by atoms with Crippen molar-refractivity contribution < 1.29 is 13.6 Å². The monoisotopic (exact) mass is 425 g/mol. The first kappa shape index (κ1) is 21.1. The molecule has 0 atom stereocenters. The van der Waals surface area contributed by atoms with E-state index in [-0.39, 0.29) is 5.91 Å². The van der Waals surface area contributed by atoms with Crippen LogP contribution in [0, 0.1) is 0 Å². The minimum Gasteiger partial charge on any atom is -0.353 e. The lowest BCUT2D eigenvalue weighted by atomic mass is 10.1. The molecule has 1 aliphatic rings. The Bertz CT molecular complexity index is 1070. The summed E-state index contributed by atoms with van der Waals surface area (Å²) in [7, 11) is 0. The van der Waals surface area contributed by atoms with Crippen molar-refractivity contribution in [2.24, 2.45) is 0 Å². The summed E-state index contributed by atoms with van der Waals surface area (Å²) < 4.78 is 26.6. The van der Waals surface area contributed by atoms with E-state index >= 15 is 0 Å². The van der Waals surface area contributed by atoms with Crippen molar-refractivity contribution >= 4 is 28.3 Å². The Morgan fingerprint density at radius 1 is 1.03 bits per heavy atom. The van der Waals surface area contributed by atoms with Crippen LogP contribution in [0.4, 0.5) is 20.3 Å². The molecular weight excluding hydrogens is 400 g/mol. The summed E-state index contributed by atoms with van der Waals surface area (Å²) >= 11 is 0. The minimum absolute atomic E-state index is 0.0539. The highest BCUT2D eigenvalue weighted by Gasteiger charge is 2.24. The summed E-state index contributed by atoms with van der Waals surface area (Å²) in [6.45, 7) is 4.83. The normalized spacial score (nSPS) is 14.9. The average Bonchev–Trinajstić information content (AvgIpc) is 2.79. The van der Waals surface area contributed by atoms with Gasteiger partial charge in [-0.05, 0) is 30.2 Å². The second-order valence-corrected chi connectivity index (χ2v) is 7.55. The summed E-state index contributed by atoms with van der Waals surface area (Å²) in [5.74, 6) is 0.0220. The van der Waals surface area contributed by atoms with E-state index in [1.807, 2.05) is 41.3 Å². The third-order valence-electron chi connectivity index (χ3n) is 5.51. The largest absolute Gasteiger partial charge is 0.353 e. The molecule has 1 aliphatic heterocycles. The van der Waals surface area contributed by atoms with Gasteiger partial charge in [-0.15, -0.1) is 0 Å². The van der Waals surface area contributed by atoms with Crippen LogP contribution in [0.3, 0.4) is 0 Å². The van der Waals surface area contributed by atoms with Gasteiger partial charge in [-0.2, -0.15) is 0 Å². The Labute approximate surface area is 179 Å². The lowest BCUT2D eigenvalue weighted by Crippen LogP contribution is -2.49. The van der Waals surface area contributed by atoms with Crippen LogP contribution in [0.5, 0.6) is 0 Å². The van der Waals surface area contributed by atoms with E-state index in [0.29, 0.717) is 44.1 Å². The molecule has 6 nitrogen and oxygen atoms in total. The molecule has 0 unspecified atom stereocenters. The van der Waals surface area contributed by atoms with Gasteiger partial charge in [-0.3, -0.25) is 9.69 Å². The number of benzene rings is 2. The van der Waals surface area contributed by atoms with Gasteiger partial charge in [-0.1, -0.05) is 37.3 Å². The molecule has 0 radical (unpaired) electrons. The number of fused-ring (bicyclic) bond motifs is 1. The number of carbonyl (C=O) groups excluding carboxylic acids is 1. The van der Waals surface area contributed by atoms with Crippen LogP contribution in [-0.4, -0.2) is 53.5 Å². The molecule has 0 bridgehead atoms. The fraction of sp³-hybridized carbons (Fsp3) is 0.348. The predicted molar refractivity (Wildman–Crippen MR) is 118 cm³/mol. The van der Waals surface area contributed by atoms with Gasteiger partial charge in [0.2, 0.25) is 5.91 Å². The van der Waals surface area contributed by atoms with Gasteiger partial charge in [0.25, 0.3) is 6.43 Å². The number of hydrogen-bond donors (Lipinski definition) is 1. The zero-order valence-electron chi connectivity index (χ0n) is 17.4. The van der Waals surface area contributed by atoms with E-state index in [1.54, 1.807) is 12.1 Å². The van der Waals surface area contributed by atoms with E-state index in [2.05, 4.69) is 27.1 Å². The highest BCUT2D eigenvalue weighted by atomic mass is 19.3. The SMILES string of the molecule is CCc1ccccc1NC(=O)CN1CCN(c2nc(C(F)F)nc3ccccc23)CC1. The number of aryl methyl sites for hydroxylation is 1. The number of alkyl halides is 2. The summed E-state index contributed by atoms with van der Waals surface area (Å²) in [5.41, 5.74) is 2.46. The van der Waals surface area contributed by atoms with Gasteiger partial charge in [-0.25, -0.2) is 18.7 Å². The number of rotatable bonds is 6. The predicted octanol–water partition coefficient (Wildman–Crippen LogP) is 3.89. The van der Waals surface area contributed by atoms with Gasteiger partial charge in [0.15, 0.2) is 5.82 Å². The third-order valence-corrected chi connectivity index (χ3v) is 5.51. The van der Waals surface area contributed by atoms with E-state index < -0.39 is 12.2 Å². The summed E-state index contributed by atoms with van der Waals surface area (Å²) in [6, 6.07) is 15.0. The van der Waals surface area contributed by atoms with Gasteiger partial charge < -0.3 is 10.2 Å². The Morgan fingerprint density at radius 3 is 2.48 bits per heavy atom. The lowest BCUT2D eigenvalue weighted by Gasteiger charge is -2.35. The number of nitrogens with one attached hydrogen (secondary N) is 1. The van der Waals surface area contributed by atoms with Crippen LogP contribution in [0.15, 0.2) is 48.5 Å². The highest BCUT2D eigenvalue weighted by molar-refractivity contribution is 5.93. The molecule has 2 aromatic carbocycles. The molecule has 0 spiro atoms. The van der Waals surface area contributed by atoms with Crippen LogP contribution >= 0.6 is 0 Å². The molecule has 4 rings (SSSR count). The highest BCUT2D eigenvalue weighted by Crippen LogP contribution is 2.27. The van der Waals surface area contributed by atoms with Crippen LogP contribution in [0.25, 0.3) is 10.9 Å². The van der Waals surface area contributed by atoms with Crippen LogP contribution in [0.1, 0.15) is 24.7 Å². The zero-order valence-corrected chi connectivity index (χ0v) is 17.4. The second-order valence-electron chi connectivity index (χ2n) is 7.55. The number of para-hydroxylation sites is 2. The summed E-state index contributed by atoms with van der Waals surface area (Å²) in [5, 5.41) is 3.76. The molecule has 31 heavy (non-hydrogen) atoms. The Hall–Kier alpha value is -3.13. The molecule has 1 amide bonds. The van der Waals surface area contributed by atoms with Gasteiger partial charge in [0.05, 0.1) is 12.1 Å². The Morgan fingerprint density at radius 2 is 1.74 bits per heavy atom. The molecule has 2 heterocycles. The molecule has 1 N–H and O–H groups in total. The van der Waals surface area contributed by atoms with Gasteiger partial charge in [0.1, 0.15) is 5.82 Å². The minimum atomic E-state index is -2.72. The number of amides is 1. The maximum absolute atomic E-state index is 13.3. The van der Waals surface area contributed by atoms with Crippen molar-refractivity contribution in [2.45, 2.75) is 19.8 Å². The molecule has 162 valence electrons. The zero-order chi connectivity index (χ0) is 21.8. The number of piperazine rings is 1. The van der Waals surface area contributed by atoms with Gasteiger partial charge in [0, 0.05) is 37.3 Å². The third kappa shape index (κ3) is 4.80. The first-order valence-corrected chi connectivity index (χ1v) is 10.4. The Balaban J connectivity index is 1.41. The molecule has 1 fully saturated rings. The van der Waals surface area contributed by atoms with E-state index in [1.165, 1.54) is 0 Å². The fourth-order valence-electron chi connectivity index (χ4n) is 3.88. The van der Waals surface area contributed by atoms with E-state index in [0.717, 1.165) is 23.1 Å². The molecule has 1 saturated heterocycles. The number of hydrogen-bond acceptors (Lipinski definition) is 5. The number of anilines is 2. The van der Waals surface area contributed by atoms with E-state index in [4.69, 9.17) is 0 Å². The number of halogens is 2. The number of carbonyl (C=O) groups is 1.